The fraction of sp³-hybridized carbons (Fsp3) is 0. The molecule has 0 fully saturated rings. The van der Waals surface area contributed by atoms with Crippen molar-refractivity contribution in [1.82, 2.24) is 0 Å². The van der Waals surface area contributed by atoms with Crippen LogP contribution in [0.2, 0.25) is 0 Å². The molecule has 0 N–H and O–H groups in total. The van der Waals surface area contributed by atoms with E-state index < -0.39 is 0 Å². The minimum Gasteiger partial charge on any atom is -0.129 e. The highest BCUT2D eigenvalue weighted by molar-refractivity contribution is 5.08. The van der Waals surface area contributed by atoms with Crippen LogP contribution < -0.4 is 0 Å². The van der Waals surface area contributed by atoms with E-state index in [0.29, 0.717) is 0 Å². The number of allylic oxidation sites excluding steroid dienone is 4. The van der Waals surface area contributed by atoms with Gasteiger partial charge in [-0.2, -0.15) is 0 Å². The van der Waals surface area contributed by atoms with Crippen LogP contribution in [-0.4, -0.2) is 0 Å². The summed E-state index contributed by atoms with van der Waals surface area (Å²) in [6, 6.07) is 0. The summed E-state index contributed by atoms with van der Waals surface area (Å²) in [4.78, 5) is 0. The van der Waals surface area contributed by atoms with Crippen molar-refractivity contribution in [3.63, 3.8) is 0 Å². The zero-order valence-corrected chi connectivity index (χ0v) is 4.72. The van der Waals surface area contributed by atoms with Gasteiger partial charge in [0.2, 0.25) is 0 Å². The van der Waals surface area contributed by atoms with Gasteiger partial charge in [-0.25, -0.2) is 0 Å². The summed E-state index contributed by atoms with van der Waals surface area (Å²) in [6.07, 6.45) is 7.05. The van der Waals surface area contributed by atoms with Crippen LogP contribution in [0.3, 0.4) is 0 Å². The molecule has 0 bridgehead atoms. The van der Waals surface area contributed by atoms with Crippen LogP contribution in [0.5, 0.6) is 0 Å². The summed E-state index contributed by atoms with van der Waals surface area (Å²) in [6.45, 7) is 6.75. The van der Waals surface area contributed by atoms with Crippen molar-refractivity contribution >= 4 is 0 Å². The molecule has 40 valence electrons. The number of hydrogen-bond donors (Lipinski definition) is 0. The fourth-order valence-corrected chi connectivity index (χ4v) is 0.247. The first-order valence-electron chi connectivity index (χ1n) is 2.28. The van der Waals surface area contributed by atoms with Crippen LogP contribution in [0.15, 0.2) is 48.9 Å². The Morgan fingerprint density at radius 1 is 0.875 bits per heavy atom. The van der Waals surface area contributed by atoms with Crippen molar-refractivity contribution in [2.24, 2.45) is 0 Å². The second-order valence-corrected chi connectivity index (χ2v) is 1.13. The van der Waals surface area contributed by atoms with Gasteiger partial charge in [0, 0.05) is 0 Å². The molecule has 0 aliphatic heterocycles. The average molecular weight is 104 g/mol. The minimum absolute atomic E-state index is 1.72. The third-order valence-electron chi connectivity index (χ3n) is 0.539. The Kier molecular flexibility index (Phi) is 4.90. The Hall–Kier alpha value is -1.22. The van der Waals surface area contributed by atoms with Crippen molar-refractivity contribution in [3.8, 4) is 0 Å². The zero-order chi connectivity index (χ0) is 6.24. The Morgan fingerprint density at radius 3 is 1.50 bits per heavy atom. The predicted octanol–water partition coefficient (Wildman–Crippen LogP) is 2.22. The molecule has 0 heteroatoms. The molecule has 0 aromatic heterocycles. The summed E-state index contributed by atoms with van der Waals surface area (Å²) in [5, 5.41) is 0. The van der Waals surface area contributed by atoms with Gasteiger partial charge in [0.1, 0.15) is 0 Å². The SMILES string of the molecule is C=C=C/C=C\C=C=C. The molecule has 0 spiro atoms. The molecule has 0 nitrogen and oxygen atoms in total. The second kappa shape index (κ2) is 5.78. The van der Waals surface area contributed by atoms with Crippen LogP contribution in [0, 0.1) is 0 Å². The second-order valence-electron chi connectivity index (χ2n) is 1.13. The van der Waals surface area contributed by atoms with Crippen molar-refractivity contribution in [2.75, 3.05) is 0 Å². The lowest BCUT2D eigenvalue weighted by molar-refractivity contribution is 1.95. The van der Waals surface area contributed by atoms with E-state index in [0.717, 1.165) is 0 Å². The maximum atomic E-state index is 3.38. The van der Waals surface area contributed by atoms with Crippen molar-refractivity contribution in [3.05, 3.63) is 48.9 Å². The molecule has 0 saturated heterocycles. The number of hydrogen-bond acceptors (Lipinski definition) is 0. The molecule has 8 heavy (non-hydrogen) atoms. The summed E-state index contributed by atoms with van der Waals surface area (Å²) in [7, 11) is 0. The summed E-state index contributed by atoms with van der Waals surface area (Å²) in [5.74, 6) is 0. The Balaban J connectivity index is 3.66. The molecule has 0 saturated carbocycles. The van der Waals surface area contributed by atoms with E-state index in [1.54, 1.807) is 12.2 Å². The predicted molar refractivity (Wildman–Crippen MR) is 36.6 cm³/mol. The maximum Gasteiger partial charge on any atom is -0.0206 e. The first kappa shape index (κ1) is 6.78. The Labute approximate surface area is 49.8 Å². The maximum absolute atomic E-state index is 3.38. The zero-order valence-electron chi connectivity index (χ0n) is 4.72. The largest absolute Gasteiger partial charge is 0.129 e. The van der Waals surface area contributed by atoms with Gasteiger partial charge in [0.05, 0.1) is 0 Å². The summed E-state index contributed by atoms with van der Waals surface area (Å²) >= 11 is 0. The quantitative estimate of drug-likeness (QED) is 0.372. The van der Waals surface area contributed by atoms with Gasteiger partial charge in [-0.15, -0.1) is 11.5 Å². The molecule has 0 atom stereocenters. The van der Waals surface area contributed by atoms with E-state index in [-0.39, 0.29) is 0 Å². The van der Waals surface area contributed by atoms with E-state index >= 15 is 0 Å². The first-order valence-corrected chi connectivity index (χ1v) is 2.28. The highest BCUT2D eigenvalue weighted by atomic mass is 13.6. The third kappa shape index (κ3) is 4.78. The Morgan fingerprint density at radius 2 is 1.25 bits per heavy atom. The van der Waals surface area contributed by atoms with Crippen molar-refractivity contribution < 1.29 is 0 Å². The van der Waals surface area contributed by atoms with E-state index in [4.69, 9.17) is 0 Å². The lowest BCUT2D eigenvalue weighted by Gasteiger charge is -1.62. The topological polar surface area (TPSA) is 0 Å². The van der Waals surface area contributed by atoms with E-state index in [1.165, 1.54) is 0 Å². The average Bonchev–Trinajstić information content (AvgIpc) is 1.81. The van der Waals surface area contributed by atoms with Crippen LogP contribution in [0.25, 0.3) is 0 Å². The van der Waals surface area contributed by atoms with Gasteiger partial charge in [0.15, 0.2) is 0 Å². The summed E-state index contributed by atoms with van der Waals surface area (Å²) in [5.41, 5.74) is 5.19. The van der Waals surface area contributed by atoms with Crippen molar-refractivity contribution in [2.45, 2.75) is 0 Å². The molecule has 0 amide bonds. The van der Waals surface area contributed by atoms with Crippen LogP contribution in [-0.2, 0) is 0 Å². The van der Waals surface area contributed by atoms with Crippen LogP contribution in [0.4, 0.5) is 0 Å². The monoisotopic (exact) mass is 104 g/mol. The molecule has 0 aromatic carbocycles. The molecular formula is C8H8. The molecular weight excluding hydrogens is 96.1 g/mol. The standard InChI is InChI=1S/C8H8/c1-3-5-7-8-6-4-2/h5-8H,1-2H2/b8-7-. The normalized spacial score (nSPS) is 7.50. The lowest BCUT2D eigenvalue weighted by atomic mass is 10.4. The molecule has 0 radical (unpaired) electrons. The lowest BCUT2D eigenvalue weighted by Crippen LogP contribution is -1.41. The summed E-state index contributed by atoms with van der Waals surface area (Å²) < 4.78 is 0. The molecule has 0 aliphatic carbocycles. The highest BCUT2D eigenvalue weighted by Crippen LogP contribution is 1.72. The third-order valence-corrected chi connectivity index (χ3v) is 0.539. The van der Waals surface area contributed by atoms with Gasteiger partial charge in [-0.1, -0.05) is 25.3 Å². The van der Waals surface area contributed by atoms with E-state index in [1.807, 2.05) is 12.2 Å². The highest BCUT2D eigenvalue weighted by Gasteiger charge is 1.52. The van der Waals surface area contributed by atoms with Crippen molar-refractivity contribution in [1.29, 1.82) is 0 Å². The van der Waals surface area contributed by atoms with Crippen LogP contribution in [0.1, 0.15) is 0 Å². The smallest absolute Gasteiger partial charge is 0.0206 e. The fourth-order valence-electron chi connectivity index (χ4n) is 0.247. The number of rotatable bonds is 2. The van der Waals surface area contributed by atoms with Gasteiger partial charge in [-0.3, -0.25) is 0 Å². The minimum atomic E-state index is 1.72. The molecule has 0 aromatic rings. The Bertz CT molecular complexity index is 140. The molecule has 0 unspecified atom stereocenters. The molecule has 0 rings (SSSR count). The van der Waals surface area contributed by atoms with E-state index in [9.17, 15) is 0 Å². The van der Waals surface area contributed by atoms with Crippen LogP contribution >= 0.6 is 0 Å². The first-order chi connectivity index (χ1) is 3.91. The van der Waals surface area contributed by atoms with Gasteiger partial charge in [-0.05, 0) is 12.2 Å². The molecule has 0 heterocycles. The van der Waals surface area contributed by atoms with Gasteiger partial charge < -0.3 is 0 Å². The molecule has 0 aliphatic rings. The van der Waals surface area contributed by atoms with Gasteiger partial charge in [0.25, 0.3) is 0 Å². The van der Waals surface area contributed by atoms with Gasteiger partial charge >= 0.3 is 0 Å². The van der Waals surface area contributed by atoms with E-state index in [2.05, 4.69) is 24.6 Å².